The number of benzene rings is 2. The van der Waals surface area contributed by atoms with E-state index in [9.17, 15) is 19.1 Å². The number of fused-ring (bicyclic) bond motifs is 1. The third-order valence-corrected chi connectivity index (χ3v) is 4.81. The monoisotopic (exact) mass is 397 g/mol. The van der Waals surface area contributed by atoms with Gasteiger partial charge in [-0.1, -0.05) is 31.2 Å². The molecule has 0 saturated carbocycles. The first-order chi connectivity index (χ1) is 13.7. The van der Waals surface area contributed by atoms with Crippen LogP contribution < -0.4 is 5.56 Å². The lowest BCUT2D eigenvalue weighted by molar-refractivity contribution is 0.0646. The first-order valence-corrected chi connectivity index (χ1v) is 9.45. The van der Waals surface area contributed by atoms with Crippen molar-refractivity contribution in [2.75, 3.05) is 0 Å². The Kier molecular flexibility index (Phi) is 5.42. The number of hydrogen-bond acceptors (Lipinski definition) is 3. The molecule has 0 aliphatic heterocycles. The quantitative estimate of drug-likeness (QED) is 0.689. The molecule has 0 fully saturated rings. The molecule has 0 spiro atoms. The second-order valence-electron chi connectivity index (χ2n) is 7.83. The van der Waals surface area contributed by atoms with Gasteiger partial charge in [0.05, 0.1) is 17.2 Å². The van der Waals surface area contributed by atoms with Crippen molar-refractivity contribution in [3.8, 4) is 5.69 Å². The summed E-state index contributed by atoms with van der Waals surface area (Å²) in [5.74, 6) is -0.394. The normalized spacial score (nSPS) is 12.7. The molecule has 0 unspecified atom stereocenters. The predicted octanol–water partition coefficient (Wildman–Crippen LogP) is 4.75. The zero-order chi connectivity index (χ0) is 21.3. The van der Waals surface area contributed by atoms with E-state index in [0.29, 0.717) is 12.1 Å². The second-order valence-corrected chi connectivity index (χ2v) is 7.83. The van der Waals surface area contributed by atoms with Gasteiger partial charge >= 0.3 is 6.09 Å². The highest BCUT2D eigenvalue weighted by molar-refractivity contribution is 5.79. The Balaban J connectivity index is 2.42. The van der Waals surface area contributed by atoms with E-state index < -0.39 is 29.1 Å². The molecule has 0 aliphatic carbocycles. The number of carbonyl (C=O) groups is 1. The van der Waals surface area contributed by atoms with Crippen LogP contribution in [0.15, 0.2) is 53.3 Å². The molecule has 1 atom stereocenters. The average Bonchev–Trinajstić information content (AvgIpc) is 2.65. The van der Waals surface area contributed by atoms with E-state index >= 15 is 0 Å². The Morgan fingerprint density at radius 3 is 2.38 bits per heavy atom. The Morgan fingerprint density at radius 1 is 1.17 bits per heavy atom. The molecule has 7 heteroatoms. The van der Waals surface area contributed by atoms with E-state index in [2.05, 4.69) is 4.98 Å². The molecule has 29 heavy (non-hydrogen) atoms. The summed E-state index contributed by atoms with van der Waals surface area (Å²) in [5.41, 5.74) is -0.590. The van der Waals surface area contributed by atoms with Crippen LogP contribution in [-0.4, -0.2) is 31.2 Å². The summed E-state index contributed by atoms with van der Waals surface area (Å²) in [6.45, 7) is 7.20. The first-order valence-electron chi connectivity index (χ1n) is 9.45. The maximum Gasteiger partial charge on any atom is 0.408 e. The van der Waals surface area contributed by atoms with Gasteiger partial charge in [0.1, 0.15) is 17.0 Å². The summed E-state index contributed by atoms with van der Waals surface area (Å²) in [7, 11) is 0. The fraction of sp³-hybridized carbons (Fsp3) is 0.318. The summed E-state index contributed by atoms with van der Waals surface area (Å²) in [6.07, 6.45) is -0.721. The number of amides is 1. The number of aromatic nitrogens is 2. The van der Waals surface area contributed by atoms with Gasteiger partial charge in [0.2, 0.25) is 0 Å². The van der Waals surface area contributed by atoms with Gasteiger partial charge in [0, 0.05) is 5.54 Å². The van der Waals surface area contributed by atoms with Gasteiger partial charge in [-0.15, -0.1) is 0 Å². The highest BCUT2D eigenvalue weighted by atomic mass is 19.1. The summed E-state index contributed by atoms with van der Waals surface area (Å²) in [6, 6.07) is 12.3. The molecule has 152 valence electrons. The number of nitrogens with zero attached hydrogens (tertiary/aromatic N) is 3. The lowest BCUT2D eigenvalue weighted by atomic mass is 10.0. The molecule has 1 N–H and O–H groups in total. The van der Waals surface area contributed by atoms with Crippen molar-refractivity contribution in [2.45, 2.75) is 45.7 Å². The predicted molar refractivity (Wildman–Crippen MR) is 110 cm³/mol. The minimum atomic E-state index is -1.11. The van der Waals surface area contributed by atoms with E-state index in [1.807, 2.05) is 6.92 Å². The van der Waals surface area contributed by atoms with Crippen molar-refractivity contribution in [1.82, 2.24) is 14.5 Å². The molecule has 0 bridgehead atoms. The highest BCUT2D eigenvalue weighted by Gasteiger charge is 2.36. The highest BCUT2D eigenvalue weighted by Crippen LogP contribution is 2.31. The number of halogens is 1. The second kappa shape index (κ2) is 7.66. The lowest BCUT2D eigenvalue weighted by Gasteiger charge is -2.39. The van der Waals surface area contributed by atoms with Crippen LogP contribution in [0.4, 0.5) is 9.18 Å². The van der Waals surface area contributed by atoms with Gasteiger partial charge in [-0.25, -0.2) is 14.2 Å². The molecule has 3 rings (SSSR count). The molecule has 2 aromatic carbocycles. The fourth-order valence-electron chi connectivity index (χ4n) is 3.63. The average molecular weight is 397 g/mol. The van der Waals surface area contributed by atoms with Crippen LogP contribution in [-0.2, 0) is 0 Å². The van der Waals surface area contributed by atoms with Gasteiger partial charge in [0.25, 0.3) is 5.56 Å². The van der Waals surface area contributed by atoms with Crippen LogP contribution in [0.1, 0.15) is 46.0 Å². The van der Waals surface area contributed by atoms with Crippen molar-refractivity contribution in [3.63, 3.8) is 0 Å². The molecule has 0 aliphatic rings. The zero-order valence-corrected chi connectivity index (χ0v) is 16.9. The molecule has 3 aromatic rings. The SMILES string of the molecule is CC[C@@H](c1nc2cccc(F)c2c(=O)n1-c1ccccc1)N(C(=O)O)C(C)(C)C. The summed E-state index contributed by atoms with van der Waals surface area (Å²) in [5, 5.41) is 9.79. The minimum absolute atomic E-state index is 0.118. The van der Waals surface area contributed by atoms with Gasteiger partial charge in [-0.3, -0.25) is 14.3 Å². The van der Waals surface area contributed by atoms with E-state index in [1.165, 1.54) is 21.6 Å². The molecule has 0 saturated heterocycles. The third-order valence-electron chi connectivity index (χ3n) is 4.81. The molecule has 0 radical (unpaired) electrons. The van der Waals surface area contributed by atoms with E-state index in [1.54, 1.807) is 57.2 Å². The van der Waals surface area contributed by atoms with Gasteiger partial charge < -0.3 is 5.11 Å². The van der Waals surface area contributed by atoms with Crippen molar-refractivity contribution >= 4 is 17.0 Å². The van der Waals surface area contributed by atoms with Crippen molar-refractivity contribution in [2.24, 2.45) is 0 Å². The van der Waals surface area contributed by atoms with Crippen molar-refractivity contribution in [3.05, 3.63) is 70.5 Å². The molecule has 6 nitrogen and oxygen atoms in total. The molecule has 1 heterocycles. The number of rotatable bonds is 4. The van der Waals surface area contributed by atoms with Crippen LogP contribution in [0.5, 0.6) is 0 Å². The maximum atomic E-state index is 14.5. The molecule has 1 aromatic heterocycles. The van der Waals surface area contributed by atoms with E-state index in [0.717, 1.165) is 0 Å². The van der Waals surface area contributed by atoms with E-state index in [-0.39, 0.29) is 16.7 Å². The summed E-state index contributed by atoms with van der Waals surface area (Å²) in [4.78, 5) is 31.3. The summed E-state index contributed by atoms with van der Waals surface area (Å²) < 4.78 is 15.8. The van der Waals surface area contributed by atoms with Crippen LogP contribution >= 0.6 is 0 Å². The van der Waals surface area contributed by atoms with Crippen LogP contribution in [0.3, 0.4) is 0 Å². The van der Waals surface area contributed by atoms with Crippen LogP contribution in [0, 0.1) is 5.82 Å². The standard InChI is InChI=1S/C22H24FN3O3/c1-5-17(26(21(28)29)22(2,3)4)19-24-16-13-9-12-15(23)18(16)20(27)25(19)14-10-7-6-8-11-14/h6-13,17H,5H2,1-4H3,(H,28,29)/t17-/m0/s1. The Hall–Kier alpha value is -3.22. The molecular weight excluding hydrogens is 373 g/mol. The Bertz CT molecular complexity index is 1100. The van der Waals surface area contributed by atoms with Gasteiger partial charge in [0.15, 0.2) is 0 Å². The number of para-hydroxylation sites is 1. The van der Waals surface area contributed by atoms with Crippen LogP contribution in [0.2, 0.25) is 0 Å². The Morgan fingerprint density at radius 2 is 1.83 bits per heavy atom. The fourth-order valence-corrected chi connectivity index (χ4v) is 3.63. The van der Waals surface area contributed by atoms with Crippen LogP contribution in [0.25, 0.3) is 16.6 Å². The third kappa shape index (κ3) is 3.72. The van der Waals surface area contributed by atoms with Gasteiger partial charge in [-0.05, 0) is 51.5 Å². The molecule has 1 amide bonds. The summed E-state index contributed by atoms with van der Waals surface area (Å²) >= 11 is 0. The molecular formula is C22H24FN3O3. The zero-order valence-electron chi connectivity index (χ0n) is 16.9. The Labute approximate surface area is 168 Å². The van der Waals surface area contributed by atoms with E-state index in [4.69, 9.17) is 0 Å². The topological polar surface area (TPSA) is 75.4 Å². The largest absolute Gasteiger partial charge is 0.465 e. The smallest absolute Gasteiger partial charge is 0.408 e. The maximum absolute atomic E-state index is 14.5. The number of hydrogen-bond donors (Lipinski definition) is 1. The first kappa shape index (κ1) is 20.5. The van der Waals surface area contributed by atoms with Crippen molar-refractivity contribution < 1.29 is 14.3 Å². The minimum Gasteiger partial charge on any atom is -0.465 e. The van der Waals surface area contributed by atoms with Crippen molar-refractivity contribution in [1.29, 1.82) is 0 Å². The number of carboxylic acid groups (broad SMARTS) is 1. The van der Waals surface area contributed by atoms with Gasteiger partial charge in [-0.2, -0.15) is 0 Å². The lowest BCUT2D eigenvalue weighted by Crippen LogP contribution is -2.48.